The molecular formula is C28H33N7O4. The molecule has 11 heteroatoms. The normalized spacial score (nSPS) is 19.7. The summed E-state index contributed by atoms with van der Waals surface area (Å²) in [5.74, 6) is -0.898. The van der Waals surface area contributed by atoms with Gasteiger partial charge in [-0.15, -0.1) is 0 Å². The van der Waals surface area contributed by atoms with E-state index < -0.39 is 24.0 Å². The zero-order chi connectivity index (χ0) is 27.7. The number of carbonyl (C=O) groups is 4. The van der Waals surface area contributed by atoms with Crippen LogP contribution in [0.3, 0.4) is 0 Å². The lowest BCUT2D eigenvalue weighted by molar-refractivity contribution is -0.132. The fraction of sp³-hybridized carbons (Fsp3) is 0.429. The van der Waals surface area contributed by atoms with Crippen LogP contribution in [0.2, 0.25) is 0 Å². The number of fused-ring (bicyclic) bond motifs is 1. The molecule has 0 fully saturated rings. The molecule has 0 bridgehead atoms. The minimum absolute atomic E-state index is 0.112. The number of aromatic nitrogens is 3. The van der Waals surface area contributed by atoms with Crippen LogP contribution in [0, 0.1) is 5.92 Å². The first-order chi connectivity index (χ1) is 18.8. The Morgan fingerprint density at radius 2 is 1.97 bits per heavy atom. The second-order valence-electron chi connectivity index (χ2n) is 10.3. The molecule has 2 aliphatic heterocycles. The van der Waals surface area contributed by atoms with Gasteiger partial charge in [-0.3, -0.25) is 28.5 Å². The van der Waals surface area contributed by atoms with Crippen LogP contribution in [-0.4, -0.2) is 56.1 Å². The molecule has 5 rings (SSSR count). The fourth-order valence-corrected chi connectivity index (χ4v) is 5.42. The van der Waals surface area contributed by atoms with Gasteiger partial charge >= 0.3 is 0 Å². The molecule has 3 aromatic rings. The summed E-state index contributed by atoms with van der Waals surface area (Å²) in [7, 11) is 0. The molecule has 204 valence electrons. The number of imidazole rings is 1. The quantitative estimate of drug-likeness (QED) is 0.401. The standard InChI is InChI=1S/C28H33N7O4/c1-4-16(2)23(31-17(3)36)26(38)33-21-10-9-18-7-5-8-19-13-22(35(24(18)19)27(21)39)25(37)30-14-20-15-34-12-6-11-29-28(34)32-20/h5-8,11-12,15-16,21-23H,4,9-10,13-14H2,1-3H3,(H,30,37)(H,31,36)(H,33,38)/t16-,21-,22-,23-/m0/s1. The number of benzene rings is 1. The Kier molecular flexibility index (Phi) is 7.32. The van der Waals surface area contributed by atoms with Crippen molar-refractivity contribution in [3.8, 4) is 0 Å². The van der Waals surface area contributed by atoms with Gasteiger partial charge in [-0.1, -0.05) is 38.5 Å². The average molecular weight is 532 g/mol. The van der Waals surface area contributed by atoms with Crippen molar-refractivity contribution >= 4 is 35.1 Å². The van der Waals surface area contributed by atoms with E-state index in [1.165, 1.54) is 6.92 Å². The smallest absolute Gasteiger partial charge is 0.250 e. The van der Waals surface area contributed by atoms with Crippen LogP contribution in [-0.2, 0) is 38.6 Å². The van der Waals surface area contributed by atoms with Gasteiger partial charge in [-0.2, -0.15) is 0 Å². The number of carbonyl (C=O) groups excluding carboxylic acids is 4. The predicted octanol–water partition coefficient (Wildman–Crippen LogP) is 1.29. The molecule has 0 spiro atoms. The maximum atomic E-state index is 13.9. The Morgan fingerprint density at radius 3 is 2.72 bits per heavy atom. The van der Waals surface area contributed by atoms with Crippen molar-refractivity contribution in [3.05, 3.63) is 59.7 Å². The molecule has 0 saturated carbocycles. The molecule has 0 radical (unpaired) electrons. The predicted molar refractivity (Wildman–Crippen MR) is 144 cm³/mol. The summed E-state index contributed by atoms with van der Waals surface area (Å²) >= 11 is 0. The van der Waals surface area contributed by atoms with Crippen LogP contribution in [0.5, 0.6) is 0 Å². The number of anilines is 1. The summed E-state index contributed by atoms with van der Waals surface area (Å²) in [5.41, 5.74) is 3.32. The Balaban J connectivity index is 1.35. The number of hydrogen-bond acceptors (Lipinski definition) is 6. The highest BCUT2D eigenvalue weighted by Gasteiger charge is 2.44. The first-order valence-corrected chi connectivity index (χ1v) is 13.3. The second-order valence-corrected chi connectivity index (χ2v) is 10.3. The van der Waals surface area contributed by atoms with E-state index in [-0.39, 0.29) is 30.2 Å². The molecule has 4 amide bonds. The third kappa shape index (κ3) is 5.21. The van der Waals surface area contributed by atoms with Crippen LogP contribution in [0.1, 0.15) is 50.4 Å². The van der Waals surface area contributed by atoms with E-state index >= 15 is 0 Å². The van der Waals surface area contributed by atoms with E-state index in [1.54, 1.807) is 27.8 Å². The van der Waals surface area contributed by atoms with Crippen LogP contribution in [0.25, 0.3) is 5.78 Å². The number of rotatable bonds is 8. The van der Waals surface area contributed by atoms with Gasteiger partial charge < -0.3 is 16.0 Å². The van der Waals surface area contributed by atoms with E-state index in [0.717, 1.165) is 16.8 Å². The summed E-state index contributed by atoms with van der Waals surface area (Å²) in [6, 6.07) is 5.32. The maximum Gasteiger partial charge on any atom is 0.250 e. The molecule has 2 aliphatic rings. The van der Waals surface area contributed by atoms with Crippen molar-refractivity contribution in [3.63, 3.8) is 0 Å². The number of amides is 4. The van der Waals surface area contributed by atoms with Crippen LogP contribution in [0.15, 0.2) is 42.9 Å². The highest BCUT2D eigenvalue weighted by atomic mass is 16.2. The SMILES string of the molecule is CC[C@H](C)[C@H](NC(C)=O)C(=O)N[C@H]1CCc2cccc3c2N(C1=O)[C@H](C(=O)NCc1cn2cccnc2n1)C3. The van der Waals surface area contributed by atoms with E-state index in [2.05, 4.69) is 25.9 Å². The van der Waals surface area contributed by atoms with Crippen molar-refractivity contribution in [2.75, 3.05) is 4.90 Å². The first-order valence-electron chi connectivity index (χ1n) is 13.3. The van der Waals surface area contributed by atoms with Gasteiger partial charge in [0.15, 0.2) is 0 Å². The molecular weight excluding hydrogens is 498 g/mol. The molecule has 2 aromatic heterocycles. The van der Waals surface area contributed by atoms with Gasteiger partial charge in [0.1, 0.15) is 18.1 Å². The maximum absolute atomic E-state index is 13.9. The lowest BCUT2D eigenvalue weighted by atomic mass is 9.97. The summed E-state index contributed by atoms with van der Waals surface area (Å²) in [4.78, 5) is 62.6. The van der Waals surface area contributed by atoms with E-state index in [4.69, 9.17) is 0 Å². The zero-order valence-electron chi connectivity index (χ0n) is 22.3. The molecule has 0 aliphatic carbocycles. The molecule has 0 unspecified atom stereocenters. The number of aryl methyl sites for hydroxylation is 1. The van der Waals surface area contributed by atoms with E-state index in [0.29, 0.717) is 37.2 Å². The number of hydrogen-bond donors (Lipinski definition) is 3. The Bertz CT molecular complexity index is 1400. The number of nitrogens with one attached hydrogen (secondary N) is 3. The van der Waals surface area contributed by atoms with E-state index in [1.807, 2.05) is 38.2 Å². The van der Waals surface area contributed by atoms with Crippen molar-refractivity contribution < 1.29 is 19.2 Å². The van der Waals surface area contributed by atoms with Crippen molar-refractivity contribution in [1.29, 1.82) is 0 Å². The number of para-hydroxylation sites is 1. The minimum atomic E-state index is -0.823. The molecule has 39 heavy (non-hydrogen) atoms. The molecule has 0 saturated heterocycles. The zero-order valence-corrected chi connectivity index (χ0v) is 22.3. The molecule has 1 aromatic carbocycles. The third-order valence-corrected chi connectivity index (χ3v) is 7.61. The van der Waals surface area contributed by atoms with Crippen molar-refractivity contribution in [2.24, 2.45) is 5.92 Å². The molecule has 4 heterocycles. The Labute approximate surface area is 226 Å². The van der Waals surface area contributed by atoms with E-state index in [9.17, 15) is 19.2 Å². The van der Waals surface area contributed by atoms with Gasteiger partial charge in [0, 0.05) is 31.9 Å². The molecule has 3 N–H and O–H groups in total. The lowest BCUT2D eigenvalue weighted by Gasteiger charge is -2.29. The molecule has 4 atom stereocenters. The minimum Gasteiger partial charge on any atom is -0.349 e. The van der Waals surface area contributed by atoms with Gasteiger partial charge in [0.25, 0.3) is 0 Å². The van der Waals surface area contributed by atoms with Crippen molar-refractivity contribution in [2.45, 2.75) is 71.1 Å². The third-order valence-electron chi connectivity index (χ3n) is 7.61. The second kappa shape index (κ2) is 10.8. The first kappa shape index (κ1) is 26.3. The molecule has 11 nitrogen and oxygen atoms in total. The van der Waals surface area contributed by atoms with Crippen LogP contribution >= 0.6 is 0 Å². The highest BCUT2D eigenvalue weighted by molar-refractivity contribution is 6.08. The Hall–Kier alpha value is -4.28. The average Bonchev–Trinajstić information content (AvgIpc) is 3.49. The fourth-order valence-electron chi connectivity index (χ4n) is 5.42. The number of nitrogens with zero attached hydrogens (tertiary/aromatic N) is 4. The summed E-state index contributed by atoms with van der Waals surface area (Å²) in [6.07, 6.45) is 7.32. The Morgan fingerprint density at radius 1 is 1.18 bits per heavy atom. The van der Waals surface area contributed by atoms with Gasteiger partial charge in [0.05, 0.1) is 17.9 Å². The summed E-state index contributed by atoms with van der Waals surface area (Å²) in [6.45, 7) is 5.39. The van der Waals surface area contributed by atoms with Gasteiger partial charge in [-0.25, -0.2) is 9.97 Å². The van der Waals surface area contributed by atoms with Gasteiger partial charge in [0.2, 0.25) is 29.4 Å². The topological polar surface area (TPSA) is 138 Å². The van der Waals surface area contributed by atoms with Crippen LogP contribution < -0.4 is 20.9 Å². The monoisotopic (exact) mass is 531 g/mol. The summed E-state index contributed by atoms with van der Waals surface area (Å²) < 4.78 is 1.78. The summed E-state index contributed by atoms with van der Waals surface area (Å²) in [5, 5.41) is 8.54. The van der Waals surface area contributed by atoms with Gasteiger partial charge in [-0.05, 0) is 36.0 Å². The van der Waals surface area contributed by atoms with Crippen LogP contribution in [0.4, 0.5) is 5.69 Å². The highest BCUT2D eigenvalue weighted by Crippen LogP contribution is 2.39. The van der Waals surface area contributed by atoms with Crippen molar-refractivity contribution in [1.82, 2.24) is 30.3 Å². The lowest BCUT2D eigenvalue weighted by Crippen LogP contribution is -2.58. The largest absolute Gasteiger partial charge is 0.349 e.